The van der Waals surface area contributed by atoms with E-state index in [2.05, 4.69) is 10.6 Å². The molecule has 1 amide bonds. The molecule has 0 bridgehead atoms. The Kier molecular flexibility index (Phi) is 6.55. The van der Waals surface area contributed by atoms with Gasteiger partial charge in [-0.05, 0) is 60.3 Å². The number of hydrogen-bond acceptors (Lipinski definition) is 5. The highest BCUT2D eigenvalue weighted by atomic mass is 32.1. The topological polar surface area (TPSA) is 84.5 Å². The fourth-order valence-electron chi connectivity index (χ4n) is 3.67. The summed E-state index contributed by atoms with van der Waals surface area (Å²) in [4.78, 5) is 24.7. The van der Waals surface area contributed by atoms with Crippen LogP contribution in [0.5, 0.6) is 0 Å². The van der Waals surface area contributed by atoms with Gasteiger partial charge in [-0.15, -0.1) is 0 Å². The van der Waals surface area contributed by atoms with Crippen LogP contribution in [0.4, 0.5) is 5.69 Å². The van der Waals surface area contributed by atoms with Gasteiger partial charge in [0, 0.05) is 22.7 Å². The first-order valence-corrected chi connectivity index (χ1v) is 11.5. The lowest BCUT2D eigenvalue weighted by Gasteiger charge is -2.09. The SMILES string of the molecule is O=C(/C=C/c1ccc(-c2ccccc2)o1)NC(=S)Nc1ccc(-c2cc3ccccc3oc2=O)cc1. The van der Waals surface area contributed by atoms with Crippen molar-refractivity contribution in [1.29, 1.82) is 0 Å². The fourth-order valence-corrected chi connectivity index (χ4v) is 3.89. The Morgan fingerprint density at radius 2 is 1.56 bits per heavy atom. The van der Waals surface area contributed by atoms with Crippen LogP contribution < -0.4 is 16.3 Å². The van der Waals surface area contributed by atoms with E-state index in [1.54, 1.807) is 42.5 Å². The molecule has 0 aliphatic carbocycles. The number of carbonyl (C=O) groups is 1. The highest BCUT2D eigenvalue weighted by Gasteiger charge is 2.09. The third-order valence-electron chi connectivity index (χ3n) is 5.42. The number of para-hydroxylation sites is 1. The number of anilines is 1. The minimum absolute atomic E-state index is 0.145. The third-order valence-corrected chi connectivity index (χ3v) is 5.62. The van der Waals surface area contributed by atoms with Gasteiger partial charge in [-0.1, -0.05) is 60.7 Å². The highest BCUT2D eigenvalue weighted by molar-refractivity contribution is 7.80. The first-order valence-electron chi connectivity index (χ1n) is 11.1. The molecule has 2 N–H and O–H groups in total. The molecule has 0 aliphatic rings. The molecular formula is C29H20N2O4S. The number of furan rings is 1. The Hall–Kier alpha value is -4.75. The summed E-state index contributed by atoms with van der Waals surface area (Å²) in [6.07, 6.45) is 2.93. The number of fused-ring (bicyclic) bond motifs is 1. The van der Waals surface area contributed by atoms with Crippen molar-refractivity contribution < 1.29 is 13.6 Å². The summed E-state index contributed by atoms with van der Waals surface area (Å²) in [5.74, 6) is 0.880. The Balaban J connectivity index is 1.19. The third kappa shape index (κ3) is 5.32. The molecule has 2 heterocycles. The van der Waals surface area contributed by atoms with Gasteiger partial charge in [-0.3, -0.25) is 10.1 Å². The monoisotopic (exact) mass is 492 g/mol. The van der Waals surface area contributed by atoms with E-state index in [-0.39, 0.29) is 5.11 Å². The predicted octanol–water partition coefficient (Wildman–Crippen LogP) is 6.25. The van der Waals surface area contributed by atoms with E-state index < -0.39 is 11.5 Å². The minimum atomic E-state index is -0.406. The number of hydrogen-bond donors (Lipinski definition) is 2. The van der Waals surface area contributed by atoms with Gasteiger partial charge >= 0.3 is 5.63 Å². The summed E-state index contributed by atoms with van der Waals surface area (Å²) in [6, 6.07) is 29.6. The molecule has 0 aliphatic heterocycles. The van der Waals surface area contributed by atoms with Crippen LogP contribution in [0.15, 0.2) is 117 Å². The highest BCUT2D eigenvalue weighted by Crippen LogP contribution is 2.23. The van der Waals surface area contributed by atoms with Crippen molar-refractivity contribution in [3.05, 3.63) is 119 Å². The molecule has 0 saturated carbocycles. The molecule has 0 radical (unpaired) electrons. The van der Waals surface area contributed by atoms with Gasteiger partial charge in [0.15, 0.2) is 5.11 Å². The Bertz CT molecular complexity index is 1630. The van der Waals surface area contributed by atoms with Gasteiger partial charge in [0.2, 0.25) is 5.91 Å². The summed E-state index contributed by atoms with van der Waals surface area (Å²) in [7, 11) is 0. The normalized spacial score (nSPS) is 11.0. The van der Waals surface area contributed by atoms with E-state index in [0.717, 1.165) is 16.7 Å². The van der Waals surface area contributed by atoms with Crippen LogP contribution in [0.1, 0.15) is 5.76 Å². The molecule has 0 fully saturated rings. The Morgan fingerprint density at radius 3 is 2.36 bits per heavy atom. The van der Waals surface area contributed by atoms with E-state index >= 15 is 0 Å². The van der Waals surface area contributed by atoms with Gasteiger partial charge in [0.25, 0.3) is 0 Å². The maximum absolute atomic E-state index is 12.4. The quantitative estimate of drug-likeness (QED) is 0.171. The van der Waals surface area contributed by atoms with Gasteiger partial charge in [0.1, 0.15) is 17.1 Å². The number of nitrogens with one attached hydrogen (secondary N) is 2. The van der Waals surface area contributed by atoms with Crippen LogP contribution in [-0.2, 0) is 4.79 Å². The lowest BCUT2D eigenvalue weighted by atomic mass is 10.1. The van der Waals surface area contributed by atoms with Gasteiger partial charge < -0.3 is 14.2 Å². The molecule has 0 spiro atoms. The van der Waals surface area contributed by atoms with Crippen LogP contribution in [0.25, 0.3) is 39.5 Å². The first-order chi connectivity index (χ1) is 17.5. The van der Waals surface area contributed by atoms with Crippen molar-refractivity contribution in [2.45, 2.75) is 0 Å². The maximum atomic E-state index is 12.4. The molecule has 5 rings (SSSR count). The van der Waals surface area contributed by atoms with Crippen LogP contribution in [0, 0.1) is 0 Å². The Morgan fingerprint density at radius 1 is 0.806 bits per heavy atom. The average molecular weight is 493 g/mol. The van der Waals surface area contributed by atoms with Gasteiger partial charge in [-0.2, -0.15) is 0 Å². The molecule has 3 aromatic carbocycles. The van der Waals surface area contributed by atoms with E-state index in [0.29, 0.717) is 28.2 Å². The summed E-state index contributed by atoms with van der Waals surface area (Å²) >= 11 is 5.25. The van der Waals surface area contributed by atoms with E-state index in [9.17, 15) is 9.59 Å². The zero-order chi connectivity index (χ0) is 24.9. The number of benzene rings is 3. The van der Waals surface area contributed by atoms with E-state index in [4.69, 9.17) is 21.1 Å². The van der Waals surface area contributed by atoms with Crippen molar-refractivity contribution >= 4 is 46.0 Å². The molecule has 5 aromatic rings. The zero-order valence-electron chi connectivity index (χ0n) is 18.9. The maximum Gasteiger partial charge on any atom is 0.344 e. The van der Waals surface area contributed by atoms with Gasteiger partial charge in [0.05, 0.1) is 5.56 Å². The van der Waals surface area contributed by atoms with Crippen LogP contribution in [-0.4, -0.2) is 11.0 Å². The molecule has 176 valence electrons. The second-order valence-electron chi connectivity index (χ2n) is 7.91. The van der Waals surface area contributed by atoms with Crippen LogP contribution in [0.2, 0.25) is 0 Å². The van der Waals surface area contributed by atoms with Crippen LogP contribution in [0.3, 0.4) is 0 Å². The van der Waals surface area contributed by atoms with Crippen molar-refractivity contribution in [3.8, 4) is 22.5 Å². The van der Waals surface area contributed by atoms with Crippen LogP contribution >= 0.6 is 12.2 Å². The smallest absolute Gasteiger partial charge is 0.344 e. The predicted molar refractivity (Wildman–Crippen MR) is 145 cm³/mol. The minimum Gasteiger partial charge on any atom is -0.457 e. The average Bonchev–Trinajstić information content (AvgIpc) is 3.37. The number of amides is 1. The van der Waals surface area contributed by atoms with E-state index in [1.807, 2.05) is 60.7 Å². The molecular weight excluding hydrogens is 472 g/mol. The fraction of sp³-hybridized carbons (Fsp3) is 0. The molecule has 0 atom stereocenters. The van der Waals surface area contributed by atoms with Crippen molar-refractivity contribution in [3.63, 3.8) is 0 Å². The summed E-state index contributed by atoms with van der Waals surface area (Å²) in [5.41, 5.74) is 2.94. The summed E-state index contributed by atoms with van der Waals surface area (Å²) in [5, 5.41) is 6.55. The Labute approximate surface area is 211 Å². The second kappa shape index (κ2) is 10.2. The molecule has 7 heteroatoms. The second-order valence-corrected chi connectivity index (χ2v) is 8.32. The zero-order valence-corrected chi connectivity index (χ0v) is 19.8. The number of rotatable bonds is 5. The lowest BCUT2D eigenvalue weighted by molar-refractivity contribution is -0.115. The van der Waals surface area contributed by atoms with E-state index in [1.165, 1.54) is 6.08 Å². The van der Waals surface area contributed by atoms with Crippen molar-refractivity contribution in [2.24, 2.45) is 0 Å². The molecule has 36 heavy (non-hydrogen) atoms. The lowest BCUT2D eigenvalue weighted by Crippen LogP contribution is -2.32. The standard InChI is InChI=1S/C29H20N2O4S/c32-27(17-15-23-14-16-26(34-23)20-6-2-1-3-7-20)31-29(36)30-22-12-10-19(11-13-22)24-18-21-8-4-5-9-25(21)35-28(24)33/h1-18H,(H2,30,31,32,36)/b17-15+. The molecule has 2 aromatic heterocycles. The first kappa shape index (κ1) is 23.0. The molecule has 0 saturated heterocycles. The molecule has 0 unspecified atom stereocenters. The summed E-state index contributed by atoms with van der Waals surface area (Å²) in [6.45, 7) is 0. The number of carbonyl (C=O) groups excluding carboxylic acids is 1. The van der Waals surface area contributed by atoms with Gasteiger partial charge in [-0.25, -0.2) is 4.79 Å². The van der Waals surface area contributed by atoms with Crippen molar-refractivity contribution in [1.82, 2.24) is 5.32 Å². The summed E-state index contributed by atoms with van der Waals surface area (Å²) < 4.78 is 11.2. The largest absolute Gasteiger partial charge is 0.457 e. The molecule has 6 nitrogen and oxygen atoms in total. The van der Waals surface area contributed by atoms with Crippen molar-refractivity contribution in [2.75, 3.05) is 5.32 Å². The number of thiocarbonyl (C=S) groups is 1.